The number of rotatable bonds is 3. The molecule has 0 amide bonds. The van der Waals surface area contributed by atoms with E-state index < -0.39 is 10.0 Å². The Morgan fingerprint density at radius 3 is 2.36 bits per heavy atom. The van der Waals surface area contributed by atoms with E-state index >= 15 is 0 Å². The van der Waals surface area contributed by atoms with E-state index in [-0.39, 0.29) is 6.04 Å². The van der Waals surface area contributed by atoms with Crippen molar-refractivity contribution >= 4 is 10.0 Å². The quantitative estimate of drug-likeness (QED) is 0.874. The fraction of sp³-hybridized carbons (Fsp3) is 0.294. The third kappa shape index (κ3) is 2.62. The molecule has 0 bridgehead atoms. The number of sulfonamides is 1. The van der Waals surface area contributed by atoms with Gasteiger partial charge in [-0.05, 0) is 23.6 Å². The second kappa shape index (κ2) is 5.74. The minimum atomic E-state index is -3.31. The number of methoxy groups -OCH3 is 1. The molecule has 1 unspecified atom stereocenters. The normalized spacial score (nSPS) is 18.7. The molecule has 2 aromatic rings. The van der Waals surface area contributed by atoms with Gasteiger partial charge in [0.1, 0.15) is 5.75 Å². The molecule has 3 rings (SSSR count). The summed E-state index contributed by atoms with van der Waals surface area (Å²) in [6.45, 7) is 0.485. The minimum absolute atomic E-state index is 0.337. The summed E-state index contributed by atoms with van der Waals surface area (Å²) in [5.41, 5.74) is 3.10. The summed E-state index contributed by atoms with van der Waals surface area (Å²) in [6, 6.07) is 15.3. The van der Waals surface area contributed by atoms with Gasteiger partial charge in [-0.25, -0.2) is 8.42 Å². The summed E-state index contributed by atoms with van der Waals surface area (Å²) in [5, 5.41) is 0. The van der Waals surface area contributed by atoms with Crippen LogP contribution in [0.4, 0.5) is 0 Å². The molecular weight excluding hydrogens is 298 g/mol. The molecule has 0 N–H and O–H groups in total. The van der Waals surface area contributed by atoms with Crippen LogP contribution in [0.3, 0.4) is 0 Å². The van der Waals surface area contributed by atoms with Crippen molar-refractivity contribution in [2.75, 3.05) is 19.9 Å². The lowest BCUT2D eigenvalue weighted by atomic mass is 9.89. The number of benzene rings is 2. The first-order valence-electron chi connectivity index (χ1n) is 7.20. The van der Waals surface area contributed by atoms with Crippen LogP contribution in [0, 0.1) is 0 Å². The molecule has 0 saturated heterocycles. The Hall–Kier alpha value is -1.85. The first-order chi connectivity index (χ1) is 10.5. The van der Waals surface area contributed by atoms with E-state index in [1.54, 1.807) is 11.4 Å². The fourth-order valence-electron chi connectivity index (χ4n) is 3.12. The topological polar surface area (TPSA) is 46.6 Å². The maximum absolute atomic E-state index is 12.3. The summed E-state index contributed by atoms with van der Waals surface area (Å²) in [7, 11) is -1.70. The van der Waals surface area contributed by atoms with E-state index in [0.29, 0.717) is 12.3 Å². The zero-order chi connectivity index (χ0) is 15.7. The summed E-state index contributed by atoms with van der Waals surface area (Å²) in [4.78, 5) is 0. The molecule has 22 heavy (non-hydrogen) atoms. The van der Waals surface area contributed by atoms with Gasteiger partial charge in [0.15, 0.2) is 0 Å². The zero-order valence-electron chi connectivity index (χ0n) is 12.7. The van der Waals surface area contributed by atoms with Crippen LogP contribution in [-0.4, -0.2) is 32.6 Å². The van der Waals surface area contributed by atoms with Gasteiger partial charge in [0.05, 0.1) is 19.4 Å². The van der Waals surface area contributed by atoms with Crippen molar-refractivity contribution < 1.29 is 13.2 Å². The molecule has 1 atom stereocenters. The predicted octanol–water partition coefficient (Wildman–Crippen LogP) is 2.60. The molecule has 0 saturated carbocycles. The van der Waals surface area contributed by atoms with Crippen LogP contribution in [0.1, 0.15) is 22.7 Å². The van der Waals surface area contributed by atoms with Crippen molar-refractivity contribution in [2.45, 2.75) is 12.5 Å². The molecule has 0 fully saturated rings. The van der Waals surface area contributed by atoms with E-state index in [2.05, 4.69) is 6.07 Å². The van der Waals surface area contributed by atoms with Crippen molar-refractivity contribution in [3.8, 4) is 5.75 Å². The van der Waals surface area contributed by atoms with E-state index in [4.69, 9.17) is 4.74 Å². The fourth-order valence-corrected chi connectivity index (χ4v) is 4.15. The second-order valence-corrected chi connectivity index (χ2v) is 7.40. The Bertz CT molecular complexity index is 786. The molecule has 0 spiro atoms. The van der Waals surface area contributed by atoms with Crippen molar-refractivity contribution in [1.82, 2.24) is 4.31 Å². The van der Waals surface area contributed by atoms with Crippen molar-refractivity contribution in [3.63, 3.8) is 0 Å². The van der Waals surface area contributed by atoms with Gasteiger partial charge in [-0.1, -0.05) is 42.5 Å². The van der Waals surface area contributed by atoms with Gasteiger partial charge in [0.2, 0.25) is 10.0 Å². The first kappa shape index (κ1) is 15.1. The Labute approximate surface area is 131 Å². The average molecular weight is 317 g/mol. The van der Waals surface area contributed by atoms with Crippen LogP contribution >= 0.6 is 0 Å². The summed E-state index contributed by atoms with van der Waals surface area (Å²) >= 11 is 0. The van der Waals surface area contributed by atoms with Gasteiger partial charge in [-0.3, -0.25) is 0 Å². The summed E-state index contributed by atoms with van der Waals surface area (Å²) < 4.78 is 31.5. The first-order valence-corrected chi connectivity index (χ1v) is 9.04. The van der Waals surface area contributed by atoms with Gasteiger partial charge < -0.3 is 4.74 Å². The number of nitrogens with zero attached hydrogens (tertiary/aromatic N) is 1. The van der Waals surface area contributed by atoms with Gasteiger partial charge in [-0.15, -0.1) is 0 Å². The average Bonchev–Trinajstić information content (AvgIpc) is 2.52. The lowest BCUT2D eigenvalue weighted by molar-refractivity contribution is 0.333. The standard InChI is InChI=1S/C17H19NO3S/c1-21-16-10-6-5-9-15(16)17-14-8-4-3-7-13(14)11-12-18(17)22(2,19)20/h3-10,17H,11-12H2,1-2H3. The third-order valence-electron chi connectivity index (χ3n) is 4.10. The Morgan fingerprint density at radius 2 is 1.68 bits per heavy atom. The molecule has 0 radical (unpaired) electrons. The molecule has 4 nitrogen and oxygen atoms in total. The molecule has 1 aliphatic heterocycles. The second-order valence-electron chi connectivity index (χ2n) is 5.47. The lowest BCUT2D eigenvalue weighted by Gasteiger charge is -2.36. The van der Waals surface area contributed by atoms with Crippen molar-refractivity contribution in [3.05, 3.63) is 65.2 Å². The molecule has 1 heterocycles. The monoisotopic (exact) mass is 317 g/mol. The Morgan fingerprint density at radius 1 is 1.05 bits per heavy atom. The van der Waals surface area contributed by atoms with Crippen molar-refractivity contribution in [2.24, 2.45) is 0 Å². The Kier molecular flexibility index (Phi) is 3.93. The van der Waals surface area contributed by atoms with E-state index in [1.165, 1.54) is 11.8 Å². The maximum Gasteiger partial charge on any atom is 0.212 e. The Balaban J connectivity index is 2.22. The number of hydrogen-bond acceptors (Lipinski definition) is 3. The van der Waals surface area contributed by atoms with E-state index in [0.717, 1.165) is 17.5 Å². The molecule has 2 aromatic carbocycles. The third-order valence-corrected chi connectivity index (χ3v) is 5.34. The maximum atomic E-state index is 12.3. The molecule has 0 aliphatic carbocycles. The number of fused-ring (bicyclic) bond motifs is 1. The smallest absolute Gasteiger partial charge is 0.212 e. The van der Waals surface area contributed by atoms with Gasteiger partial charge in [0.25, 0.3) is 0 Å². The largest absolute Gasteiger partial charge is 0.496 e. The van der Waals surface area contributed by atoms with Crippen LogP contribution in [0.25, 0.3) is 0 Å². The summed E-state index contributed by atoms with van der Waals surface area (Å²) in [5.74, 6) is 0.706. The highest BCUT2D eigenvalue weighted by molar-refractivity contribution is 7.88. The SMILES string of the molecule is COc1ccccc1C1c2ccccc2CCN1S(C)(=O)=O. The van der Waals surface area contributed by atoms with Crippen molar-refractivity contribution in [1.29, 1.82) is 0 Å². The van der Waals surface area contributed by atoms with Crippen LogP contribution in [0.2, 0.25) is 0 Å². The predicted molar refractivity (Wildman–Crippen MR) is 86.5 cm³/mol. The van der Waals surface area contributed by atoms with E-state index in [9.17, 15) is 8.42 Å². The van der Waals surface area contributed by atoms with Gasteiger partial charge in [-0.2, -0.15) is 4.31 Å². The molecule has 5 heteroatoms. The van der Waals surface area contributed by atoms with Crippen LogP contribution in [-0.2, 0) is 16.4 Å². The van der Waals surface area contributed by atoms with Crippen LogP contribution in [0.15, 0.2) is 48.5 Å². The zero-order valence-corrected chi connectivity index (χ0v) is 13.5. The number of hydrogen-bond donors (Lipinski definition) is 0. The van der Waals surface area contributed by atoms with Gasteiger partial charge >= 0.3 is 0 Å². The molecule has 116 valence electrons. The van der Waals surface area contributed by atoms with Crippen LogP contribution in [0.5, 0.6) is 5.75 Å². The molecule has 1 aliphatic rings. The molecule has 0 aromatic heterocycles. The van der Waals surface area contributed by atoms with Gasteiger partial charge in [0, 0.05) is 12.1 Å². The van der Waals surface area contributed by atoms with Crippen LogP contribution < -0.4 is 4.74 Å². The highest BCUT2D eigenvalue weighted by atomic mass is 32.2. The number of ether oxygens (including phenoxy) is 1. The van der Waals surface area contributed by atoms with E-state index in [1.807, 2.05) is 42.5 Å². The highest BCUT2D eigenvalue weighted by Gasteiger charge is 2.35. The number of para-hydroxylation sites is 1. The lowest BCUT2D eigenvalue weighted by Crippen LogP contribution is -2.40. The summed E-state index contributed by atoms with van der Waals surface area (Å²) in [6.07, 6.45) is 2.00. The molecular formula is C17H19NO3S. The minimum Gasteiger partial charge on any atom is -0.496 e. The highest BCUT2D eigenvalue weighted by Crippen LogP contribution is 2.40.